The zero-order valence-corrected chi connectivity index (χ0v) is 12.6. The van der Waals surface area contributed by atoms with Crippen LogP contribution in [0.1, 0.15) is 40.0 Å². The average Bonchev–Trinajstić information content (AvgIpc) is 2.55. The highest BCUT2D eigenvalue weighted by Crippen LogP contribution is 2.27. The maximum atomic E-state index is 12.8. The number of hydrogen-bond acceptors (Lipinski definition) is 4. The van der Waals surface area contributed by atoms with Crippen LogP contribution in [0.25, 0.3) is 5.69 Å². The normalized spacial score (nSPS) is 15.4. The third-order valence-electron chi connectivity index (χ3n) is 4.19. The molecule has 0 spiro atoms. The second-order valence-electron chi connectivity index (χ2n) is 5.50. The van der Waals surface area contributed by atoms with Gasteiger partial charge in [0.15, 0.2) is 0 Å². The van der Waals surface area contributed by atoms with Crippen molar-refractivity contribution >= 4 is 11.7 Å². The number of hydrogen-bond donors (Lipinski definition) is 2. The molecule has 1 aromatic heterocycles. The SMILES string of the molecule is Cc1c2c(n(-c3ccccc3)c(=O)c1C(=O)O)CCC/C2=N\O. The van der Waals surface area contributed by atoms with Crippen LogP contribution in [0.2, 0.25) is 0 Å². The fourth-order valence-corrected chi connectivity index (χ4v) is 3.22. The summed E-state index contributed by atoms with van der Waals surface area (Å²) in [5.41, 5.74) is 1.82. The maximum absolute atomic E-state index is 12.8. The van der Waals surface area contributed by atoms with Crippen LogP contribution in [0.3, 0.4) is 0 Å². The molecule has 0 bridgehead atoms. The van der Waals surface area contributed by atoms with E-state index in [9.17, 15) is 19.9 Å². The molecule has 0 saturated carbocycles. The molecule has 6 heteroatoms. The summed E-state index contributed by atoms with van der Waals surface area (Å²) in [5.74, 6) is -1.28. The monoisotopic (exact) mass is 312 g/mol. The van der Waals surface area contributed by atoms with Gasteiger partial charge in [-0.3, -0.25) is 9.36 Å². The molecule has 1 aliphatic rings. The Labute approximate surface area is 132 Å². The van der Waals surface area contributed by atoms with Gasteiger partial charge in [0.25, 0.3) is 5.56 Å². The first-order valence-electron chi connectivity index (χ1n) is 7.34. The van der Waals surface area contributed by atoms with E-state index in [1.165, 1.54) is 4.57 Å². The number of benzene rings is 1. The first kappa shape index (κ1) is 15.0. The van der Waals surface area contributed by atoms with Gasteiger partial charge < -0.3 is 10.3 Å². The lowest BCUT2D eigenvalue weighted by Gasteiger charge is -2.24. The molecule has 0 atom stereocenters. The van der Waals surface area contributed by atoms with E-state index >= 15 is 0 Å². The van der Waals surface area contributed by atoms with Gasteiger partial charge in [-0.25, -0.2) is 4.79 Å². The summed E-state index contributed by atoms with van der Waals surface area (Å²) in [6, 6.07) is 8.92. The number of para-hydroxylation sites is 1. The summed E-state index contributed by atoms with van der Waals surface area (Å²) in [6.07, 6.45) is 1.92. The number of carboxylic acid groups (broad SMARTS) is 1. The Morgan fingerprint density at radius 1 is 1.22 bits per heavy atom. The standard InChI is InChI=1S/C17H16N2O4/c1-10-14-12(18-23)8-5-9-13(14)19(11-6-3-2-4-7-11)16(20)15(10)17(21)22/h2-4,6-7,23H,5,8-9H2,1H3,(H,21,22)/b18-12+. The molecule has 0 amide bonds. The second-order valence-corrected chi connectivity index (χ2v) is 5.50. The minimum absolute atomic E-state index is 0.282. The van der Waals surface area contributed by atoms with Gasteiger partial charge in [0.2, 0.25) is 0 Å². The molecule has 1 aliphatic carbocycles. The van der Waals surface area contributed by atoms with Gasteiger partial charge in [0, 0.05) is 16.9 Å². The van der Waals surface area contributed by atoms with Crippen molar-refractivity contribution in [2.75, 3.05) is 0 Å². The van der Waals surface area contributed by atoms with Crippen LogP contribution in [-0.4, -0.2) is 26.6 Å². The first-order valence-corrected chi connectivity index (χ1v) is 7.34. The minimum Gasteiger partial charge on any atom is -0.477 e. The van der Waals surface area contributed by atoms with Crippen molar-refractivity contribution in [3.05, 3.63) is 63.1 Å². The lowest BCUT2D eigenvalue weighted by atomic mass is 9.88. The molecule has 118 valence electrons. The molecule has 2 aromatic rings. The zero-order valence-electron chi connectivity index (χ0n) is 12.6. The third kappa shape index (κ3) is 2.32. The highest BCUT2D eigenvalue weighted by atomic mass is 16.4. The summed E-state index contributed by atoms with van der Waals surface area (Å²) in [5, 5.41) is 22.1. The van der Waals surface area contributed by atoms with Crippen LogP contribution in [0.15, 0.2) is 40.3 Å². The second kappa shape index (κ2) is 5.72. The quantitative estimate of drug-likeness (QED) is 0.657. The number of aromatic carboxylic acids is 1. The van der Waals surface area contributed by atoms with E-state index in [2.05, 4.69) is 5.16 Å². The molecule has 1 aromatic carbocycles. The number of aromatic nitrogens is 1. The molecular weight excluding hydrogens is 296 g/mol. The number of carboxylic acids is 1. The summed E-state index contributed by atoms with van der Waals surface area (Å²) >= 11 is 0. The lowest BCUT2D eigenvalue weighted by Crippen LogP contribution is -2.34. The van der Waals surface area contributed by atoms with E-state index < -0.39 is 11.5 Å². The molecule has 23 heavy (non-hydrogen) atoms. The molecule has 2 N–H and O–H groups in total. The molecule has 1 heterocycles. The molecule has 6 nitrogen and oxygen atoms in total. The predicted molar refractivity (Wildman–Crippen MR) is 85.0 cm³/mol. The van der Waals surface area contributed by atoms with E-state index in [0.29, 0.717) is 41.1 Å². The van der Waals surface area contributed by atoms with Crippen molar-refractivity contribution in [2.24, 2.45) is 5.16 Å². The number of pyridine rings is 1. The Balaban J connectivity index is 2.47. The number of oxime groups is 1. The predicted octanol–water partition coefficient (Wildman–Crippen LogP) is 2.36. The van der Waals surface area contributed by atoms with Gasteiger partial charge in [0.05, 0.1) is 5.71 Å². The van der Waals surface area contributed by atoms with E-state index in [1.54, 1.807) is 31.2 Å². The molecular formula is C17H16N2O4. The topological polar surface area (TPSA) is 91.9 Å². The molecule has 0 unspecified atom stereocenters. The van der Waals surface area contributed by atoms with E-state index in [-0.39, 0.29) is 5.56 Å². The molecule has 0 aliphatic heterocycles. The fraction of sp³-hybridized carbons (Fsp3) is 0.235. The van der Waals surface area contributed by atoms with Crippen molar-refractivity contribution < 1.29 is 15.1 Å². The van der Waals surface area contributed by atoms with Crippen LogP contribution >= 0.6 is 0 Å². The number of nitrogens with zero attached hydrogens (tertiary/aromatic N) is 2. The molecule has 0 fully saturated rings. The van der Waals surface area contributed by atoms with Crippen molar-refractivity contribution in [3.63, 3.8) is 0 Å². The molecule has 0 saturated heterocycles. The van der Waals surface area contributed by atoms with Gasteiger partial charge in [-0.15, -0.1) is 0 Å². The van der Waals surface area contributed by atoms with Crippen molar-refractivity contribution in [3.8, 4) is 5.69 Å². The molecule has 3 rings (SSSR count). The molecule has 0 radical (unpaired) electrons. The van der Waals surface area contributed by atoms with Crippen LogP contribution in [0, 0.1) is 6.92 Å². The van der Waals surface area contributed by atoms with Crippen LogP contribution in [0.4, 0.5) is 0 Å². The van der Waals surface area contributed by atoms with Gasteiger partial charge >= 0.3 is 5.97 Å². The Hall–Kier alpha value is -2.89. The summed E-state index contributed by atoms with van der Waals surface area (Å²) in [7, 11) is 0. The average molecular weight is 312 g/mol. The van der Waals surface area contributed by atoms with E-state index in [1.807, 2.05) is 6.07 Å². The number of rotatable bonds is 2. The van der Waals surface area contributed by atoms with E-state index in [4.69, 9.17) is 0 Å². The third-order valence-corrected chi connectivity index (χ3v) is 4.19. The van der Waals surface area contributed by atoms with Gasteiger partial charge in [-0.1, -0.05) is 23.4 Å². The Morgan fingerprint density at radius 2 is 1.91 bits per heavy atom. The van der Waals surface area contributed by atoms with Crippen molar-refractivity contribution in [2.45, 2.75) is 26.2 Å². The lowest BCUT2D eigenvalue weighted by molar-refractivity contribution is 0.0693. The summed E-state index contributed by atoms with van der Waals surface area (Å²) in [4.78, 5) is 24.4. The maximum Gasteiger partial charge on any atom is 0.341 e. The van der Waals surface area contributed by atoms with Crippen LogP contribution in [0.5, 0.6) is 0 Å². The summed E-state index contributed by atoms with van der Waals surface area (Å²) in [6.45, 7) is 1.59. The van der Waals surface area contributed by atoms with E-state index in [0.717, 1.165) is 6.42 Å². The Morgan fingerprint density at radius 3 is 2.52 bits per heavy atom. The van der Waals surface area contributed by atoms with Gasteiger partial charge in [-0.05, 0) is 43.9 Å². The van der Waals surface area contributed by atoms with Crippen molar-refractivity contribution in [1.82, 2.24) is 4.57 Å². The Kier molecular flexibility index (Phi) is 3.73. The van der Waals surface area contributed by atoms with Gasteiger partial charge in [-0.2, -0.15) is 0 Å². The van der Waals surface area contributed by atoms with Crippen LogP contribution in [-0.2, 0) is 6.42 Å². The summed E-state index contributed by atoms with van der Waals surface area (Å²) < 4.78 is 1.43. The number of carbonyl (C=O) groups is 1. The first-order chi connectivity index (χ1) is 11.1. The number of fused-ring (bicyclic) bond motifs is 1. The van der Waals surface area contributed by atoms with Gasteiger partial charge in [0.1, 0.15) is 5.56 Å². The fourth-order valence-electron chi connectivity index (χ4n) is 3.22. The minimum atomic E-state index is -1.28. The largest absolute Gasteiger partial charge is 0.477 e. The zero-order chi connectivity index (χ0) is 16.6. The van der Waals surface area contributed by atoms with Crippen molar-refractivity contribution in [1.29, 1.82) is 0 Å². The highest BCUT2D eigenvalue weighted by molar-refractivity contribution is 6.05. The van der Waals surface area contributed by atoms with Crippen LogP contribution < -0.4 is 5.56 Å². The highest BCUT2D eigenvalue weighted by Gasteiger charge is 2.28. The smallest absolute Gasteiger partial charge is 0.341 e. The Bertz CT molecular complexity index is 866.